The van der Waals surface area contributed by atoms with E-state index in [1.54, 1.807) is 25.2 Å². The number of rotatable bonds is 5. The SMILES string of the molecule is COc1cc(N[C@H]2CCCN(C(=O)[C@H]3CCCC(F)(F)C3)C2)cc(OC)c1. The van der Waals surface area contributed by atoms with Crippen molar-refractivity contribution >= 4 is 11.6 Å². The molecule has 150 valence electrons. The number of alkyl halides is 2. The van der Waals surface area contributed by atoms with Gasteiger partial charge in [-0.05, 0) is 25.7 Å². The molecule has 0 aromatic heterocycles. The maximum Gasteiger partial charge on any atom is 0.248 e. The Morgan fingerprint density at radius 2 is 1.85 bits per heavy atom. The van der Waals surface area contributed by atoms with E-state index in [0.29, 0.717) is 37.4 Å². The fourth-order valence-corrected chi connectivity index (χ4v) is 4.06. The normalized spacial score (nSPS) is 25.0. The van der Waals surface area contributed by atoms with Gasteiger partial charge in [-0.25, -0.2) is 8.78 Å². The molecule has 0 unspecified atom stereocenters. The van der Waals surface area contributed by atoms with Gasteiger partial charge in [0, 0.05) is 61.8 Å². The summed E-state index contributed by atoms with van der Waals surface area (Å²) in [5, 5.41) is 3.43. The summed E-state index contributed by atoms with van der Waals surface area (Å²) in [6.07, 6.45) is 2.35. The fourth-order valence-electron chi connectivity index (χ4n) is 4.06. The summed E-state index contributed by atoms with van der Waals surface area (Å²) >= 11 is 0. The van der Waals surface area contributed by atoms with Crippen LogP contribution in [0.25, 0.3) is 0 Å². The van der Waals surface area contributed by atoms with E-state index < -0.39 is 11.8 Å². The summed E-state index contributed by atoms with van der Waals surface area (Å²) in [4.78, 5) is 14.5. The predicted molar refractivity (Wildman–Crippen MR) is 99.7 cm³/mol. The lowest BCUT2D eigenvalue weighted by molar-refractivity contribution is -0.143. The highest BCUT2D eigenvalue weighted by Gasteiger charge is 2.41. The molecule has 0 spiro atoms. The quantitative estimate of drug-likeness (QED) is 0.838. The molecule has 3 rings (SSSR count). The molecular formula is C20H28F2N2O3. The van der Waals surface area contributed by atoms with Crippen molar-refractivity contribution in [2.24, 2.45) is 5.92 Å². The number of carbonyl (C=O) groups excluding carboxylic acids is 1. The maximum atomic E-state index is 13.7. The van der Waals surface area contributed by atoms with E-state index in [0.717, 1.165) is 18.5 Å². The number of anilines is 1. The van der Waals surface area contributed by atoms with Crippen molar-refractivity contribution in [1.82, 2.24) is 4.90 Å². The second-order valence-corrected chi connectivity index (χ2v) is 7.52. The summed E-state index contributed by atoms with van der Waals surface area (Å²) in [7, 11) is 3.19. The van der Waals surface area contributed by atoms with Gasteiger partial charge >= 0.3 is 0 Å². The molecule has 27 heavy (non-hydrogen) atoms. The number of piperidine rings is 1. The minimum atomic E-state index is -2.71. The molecule has 1 aliphatic carbocycles. The van der Waals surface area contributed by atoms with Crippen molar-refractivity contribution in [1.29, 1.82) is 0 Å². The first-order valence-corrected chi connectivity index (χ1v) is 9.56. The molecule has 1 aliphatic heterocycles. The summed E-state index contributed by atoms with van der Waals surface area (Å²) in [5.74, 6) is -2.01. The molecular weight excluding hydrogens is 354 g/mol. The highest BCUT2D eigenvalue weighted by molar-refractivity contribution is 5.79. The van der Waals surface area contributed by atoms with E-state index in [1.807, 2.05) is 12.1 Å². The minimum Gasteiger partial charge on any atom is -0.497 e. The van der Waals surface area contributed by atoms with Crippen LogP contribution in [0, 0.1) is 5.92 Å². The number of hydrogen-bond acceptors (Lipinski definition) is 4. The van der Waals surface area contributed by atoms with Gasteiger partial charge in [0.2, 0.25) is 11.8 Å². The summed E-state index contributed by atoms with van der Waals surface area (Å²) in [6, 6.07) is 5.63. The van der Waals surface area contributed by atoms with E-state index in [9.17, 15) is 13.6 Å². The molecule has 7 heteroatoms. The molecule has 1 aromatic carbocycles. The zero-order valence-electron chi connectivity index (χ0n) is 16.0. The highest BCUT2D eigenvalue weighted by Crippen LogP contribution is 2.38. The van der Waals surface area contributed by atoms with Crippen LogP contribution in [0.15, 0.2) is 18.2 Å². The monoisotopic (exact) mass is 382 g/mol. The molecule has 1 saturated carbocycles. The van der Waals surface area contributed by atoms with Crippen LogP contribution >= 0.6 is 0 Å². The van der Waals surface area contributed by atoms with Gasteiger partial charge in [0.1, 0.15) is 11.5 Å². The molecule has 1 saturated heterocycles. The van der Waals surface area contributed by atoms with Gasteiger partial charge in [0.15, 0.2) is 0 Å². The third-order valence-electron chi connectivity index (χ3n) is 5.44. The van der Waals surface area contributed by atoms with Crippen LogP contribution < -0.4 is 14.8 Å². The Morgan fingerprint density at radius 1 is 1.15 bits per heavy atom. The number of carbonyl (C=O) groups is 1. The minimum absolute atomic E-state index is 0.0728. The Balaban J connectivity index is 1.63. The van der Waals surface area contributed by atoms with E-state index in [2.05, 4.69) is 5.32 Å². The first-order valence-electron chi connectivity index (χ1n) is 9.56. The smallest absolute Gasteiger partial charge is 0.248 e. The van der Waals surface area contributed by atoms with Crippen molar-refractivity contribution in [3.05, 3.63) is 18.2 Å². The molecule has 2 fully saturated rings. The molecule has 0 bridgehead atoms. The average molecular weight is 382 g/mol. The van der Waals surface area contributed by atoms with Gasteiger partial charge in [-0.1, -0.05) is 0 Å². The molecule has 0 radical (unpaired) electrons. The summed E-state index contributed by atoms with van der Waals surface area (Å²) < 4.78 is 37.9. The highest BCUT2D eigenvalue weighted by atomic mass is 19.3. The average Bonchev–Trinajstić information content (AvgIpc) is 2.66. The number of likely N-dealkylation sites (tertiary alicyclic amines) is 1. The van der Waals surface area contributed by atoms with Crippen LogP contribution in [0.1, 0.15) is 38.5 Å². The predicted octanol–water partition coefficient (Wildman–Crippen LogP) is 3.93. The fraction of sp³-hybridized carbons (Fsp3) is 0.650. The molecule has 2 aliphatic rings. The number of nitrogens with zero attached hydrogens (tertiary/aromatic N) is 1. The van der Waals surface area contributed by atoms with Crippen LogP contribution in [0.4, 0.5) is 14.5 Å². The molecule has 1 aromatic rings. The Bertz CT molecular complexity index is 646. The summed E-state index contributed by atoms with van der Waals surface area (Å²) in [5.41, 5.74) is 0.856. The van der Waals surface area contributed by atoms with E-state index in [-0.39, 0.29) is 24.8 Å². The lowest BCUT2D eigenvalue weighted by Crippen LogP contribution is -2.48. The van der Waals surface area contributed by atoms with Gasteiger partial charge in [0.25, 0.3) is 0 Å². The number of methoxy groups -OCH3 is 2. The van der Waals surface area contributed by atoms with Gasteiger partial charge < -0.3 is 19.7 Å². The van der Waals surface area contributed by atoms with Crippen molar-refractivity contribution in [3.8, 4) is 11.5 Å². The Hall–Kier alpha value is -2.05. The van der Waals surface area contributed by atoms with E-state index in [1.165, 1.54) is 0 Å². The molecule has 5 nitrogen and oxygen atoms in total. The molecule has 2 atom stereocenters. The lowest BCUT2D eigenvalue weighted by atomic mass is 9.85. The maximum absolute atomic E-state index is 13.7. The number of hydrogen-bond donors (Lipinski definition) is 1. The van der Waals surface area contributed by atoms with Crippen LogP contribution in [-0.4, -0.2) is 50.1 Å². The largest absolute Gasteiger partial charge is 0.497 e. The Kier molecular flexibility index (Phi) is 6.07. The van der Waals surface area contributed by atoms with Gasteiger partial charge in [0.05, 0.1) is 14.2 Å². The number of nitrogens with one attached hydrogen (secondary N) is 1. The lowest BCUT2D eigenvalue weighted by Gasteiger charge is -2.37. The standard InChI is InChI=1S/C20H28F2N2O3/c1-26-17-9-16(10-18(11-17)27-2)23-15-6-4-8-24(13-15)19(25)14-5-3-7-20(21,22)12-14/h9-11,14-15,23H,3-8,12-13H2,1-2H3/t14-,15-/m0/s1. The Labute approximate surface area is 159 Å². The van der Waals surface area contributed by atoms with Crippen molar-refractivity contribution in [2.75, 3.05) is 32.6 Å². The third kappa shape index (κ3) is 5.02. The summed E-state index contributed by atoms with van der Waals surface area (Å²) in [6.45, 7) is 1.17. The van der Waals surface area contributed by atoms with Crippen LogP contribution in [-0.2, 0) is 4.79 Å². The van der Waals surface area contributed by atoms with Crippen LogP contribution in [0.3, 0.4) is 0 Å². The van der Waals surface area contributed by atoms with Crippen molar-refractivity contribution < 1.29 is 23.0 Å². The van der Waals surface area contributed by atoms with Gasteiger partial charge in [-0.15, -0.1) is 0 Å². The van der Waals surface area contributed by atoms with Gasteiger partial charge in [-0.2, -0.15) is 0 Å². The molecule has 1 N–H and O–H groups in total. The van der Waals surface area contributed by atoms with E-state index >= 15 is 0 Å². The first kappa shape index (κ1) is 19.7. The van der Waals surface area contributed by atoms with Crippen molar-refractivity contribution in [2.45, 2.75) is 50.5 Å². The molecule has 1 amide bonds. The van der Waals surface area contributed by atoms with Crippen LogP contribution in [0.2, 0.25) is 0 Å². The molecule has 1 heterocycles. The number of amides is 1. The second kappa shape index (κ2) is 8.31. The zero-order valence-corrected chi connectivity index (χ0v) is 16.0. The first-order chi connectivity index (χ1) is 12.9. The number of halogens is 2. The van der Waals surface area contributed by atoms with Crippen LogP contribution in [0.5, 0.6) is 11.5 Å². The van der Waals surface area contributed by atoms with E-state index in [4.69, 9.17) is 9.47 Å². The zero-order chi connectivity index (χ0) is 19.4. The second-order valence-electron chi connectivity index (χ2n) is 7.52. The number of ether oxygens (including phenoxy) is 2. The topological polar surface area (TPSA) is 50.8 Å². The third-order valence-corrected chi connectivity index (χ3v) is 5.44. The van der Waals surface area contributed by atoms with Crippen molar-refractivity contribution in [3.63, 3.8) is 0 Å². The van der Waals surface area contributed by atoms with Gasteiger partial charge in [-0.3, -0.25) is 4.79 Å². The Morgan fingerprint density at radius 3 is 2.48 bits per heavy atom. The number of benzene rings is 1.